The average Bonchev–Trinajstić information content (AvgIpc) is 2.76. The van der Waals surface area contributed by atoms with Gasteiger partial charge in [-0.15, -0.1) is 0 Å². The SMILES string of the molecule is Fc1cnc(Cn2cnc3c2CCNC3)nc1. The van der Waals surface area contributed by atoms with E-state index in [2.05, 4.69) is 20.3 Å². The summed E-state index contributed by atoms with van der Waals surface area (Å²) in [6.45, 7) is 2.32. The van der Waals surface area contributed by atoms with Gasteiger partial charge in [-0.3, -0.25) is 0 Å². The fourth-order valence-electron chi connectivity index (χ4n) is 2.01. The van der Waals surface area contributed by atoms with Gasteiger partial charge < -0.3 is 9.88 Å². The molecule has 0 bridgehead atoms. The zero-order valence-electron chi connectivity index (χ0n) is 9.23. The van der Waals surface area contributed by atoms with Crippen LogP contribution in [0.5, 0.6) is 0 Å². The molecule has 1 N–H and O–H groups in total. The van der Waals surface area contributed by atoms with Crippen LogP contribution in [0, 0.1) is 5.82 Å². The summed E-state index contributed by atoms with van der Waals surface area (Å²) < 4.78 is 14.7. The minimum atomic E-state index is -0.411. The molecule has 5 nitrogen and oxygen atoms in total. The topological polar surface area (TPSA) is 55.6 Å². The van der Waals surface area contributed by atoms with Gasteiger partial charge in [0.05, 0.1) is 31.0 Å². The molecule has 2 aromatic heterocycles. The van der Waals surface area contributed by atoms with Crippen LogP contribution in [0.25, 0.3) is 0 Å². The molecular formula is C11H12FN5. The molecule has 3 rings (SSSR count). The zero-order valence-corrected chi connectivity index (χ0v) is 9.23. The van der Waals surface area contributed by atoms with Crippen LogP contribution in [-0.4, -0.2) is 26.1 Å². The predicted molar refractivity (Wildman–Crippen MR) is 58.7 cm³/mol. The molecule has 0 atom stereocenters. The van der Waals surface area contributed by atoms with Crippen molar-refractivity contribution in [1.29, 1.82) is 0 Å². The second kappa shape index (κ2) is 4.21. The third-order valence-electron chi connectivity index (χ3n) is 2.85. The normalized spacial score (nSPS) is 14.6. The van der Waals surface area contributed by atoms with Crippen molar-refractivity contribution in [1.82, 2.24) is 24.8 Å². The van der Waals surface area contributed by atoms with Gasteiger partial charge in [0, 0.05) is 25.2 Å². The monoisotopic (exact) mass is 233 g/mol. The van der Waals surface area contributed by atoms with Gasteiger partial charge in [-0.25, -0.2) is 19.3 Å². The second-order valence-electron chi connectivity index (χ2n) is 4.01. The van der Waals surface area contributed by atoms with Crippen molar-refractivity contribution < 1.29 is 4.39 Å². The maximum atomic E-state index is 12.7. The van der Waals surface area contributed by atoms with Crippen molar-refractivity contribution in [3.05, 3.63) is 41.8 Å². The molecule has 2 aromatic rings. The molecule has 6 heteroatoms. The first-order valence-electron chi connectivity index (χ1n) is 5.53. The first kappa shape index (κ1) is 10.3. The maximum absolute atomic E-state index is 12.7. The molecule has 88 valence electrons. The van der Waals surface area contributed by atoms with E-state index in [0.717, 1.165) is 25.2 Å². The number of aromatic nitrogens is 4. The Balaban J connectivity index is 1.85. The van der Waals surface area contributed by atoms with Crippen LogP contribution < -0.4 is 5.32 Å². The van der Waals surface area contributed by atoms with E-state index in [1.807, 2.05) is 4.57 Å². The van der Waals surface area contributed by atoms with Gasteiger partial charge in [0.2, 0.25) is 0 Å². The van der Waals surface area contributed by atoms with Crippen LogP contribution >= 0.6 is 0 Å². The highest BCUT2D eigenvalue weighted by molar-refractivity contribution is 5.17. The van der Waals surface area contributed by atoms with Crippen molar-refractivity contribution in [3.63, 3.8) is 0 Å². The third-order valence-corrected chi connectivity index (χ3v) is 2.85. The molecular weight excluding hydrogens is 221 g/mol. The van der Waals surface area contributed by atoms with Crippen LogP contribution in [-0.2, 0) is 19.5 Å². The molecule has 1 aliphatic heterocycles. The van der Waals surface area contributed by atoms with Gasteiger partial charge in [-0.2, -0.15) is 0 Å². The van der Waals surface area contributed by atoms with E-state index in [4.69, 9.17) is 0 Å². The lowest BCUT2D eigenvalue weighted by Crippen LogP contribution is -2.25. The van der Waals surface area contributed by atoms with Gasteiger partial charge in [0.15, 0.2) is 5.82 Å². The highest BCUT2D eigenvalue weighted by Crippen LogP contribution is 2.13. The minimum Gasteiger partial charge on any atom is -0.327 e. The summed E-state index contributed by atoms with van der Waals surface area (Å²) in [5.74, 6) is 0.191. The summed E-state index contributed by atoms with van der Waals surface area (Å²) >= 11 is 0. The molecule has 0 unspecified atom stereocenters. The van der Waals surface area contributed by atoms with Crippen LogP contribution in [0.15, 0.2) is 18.7 Å². The summed E-state index contributed by atoms with van der Waals surface area (Å²) in [4.78, 5) is 12.2. The fourth-order valence-corrected chi connectivity index (χ4v) is 2.01. The van der Waals surface area contributed by atoms with E-state index in [1.165, 1.54) is 18.1 Å². The Morgan fingerprint density at radius 3 is 2.94 bits per heavy atom. The van der Waals surface area contributed by atoms with Crippen LogP contribution in [0.4, 0.5) is 4.39 Å². The standard InChI is InChI=1S/C11H12FN5/c12-8-3-14-11(15-4-8)6-17-7-16-9-5-13-2-1-10(9)17/h3-4,7,13H,1-2,5-6H2. The van der Waals surface area contributed by atoms with E-state index in [-0.39, 0.29) is 0 Å². The van der Waals surface area contributed by atoms with Gasteiger partial charge >= 0.3 is 0 Å². The second-order valence-corrected chi connectivity index (χ2v) is 4.01. The molecule has 0 saturated carbocycles. The highest BCUT2D eigenvalue weighted by atomic mass is 19.1. The number of nitrogens with zero attached hydrogens (tertiary/aromatic N) is 4. The molecule has 0 radical (unpaired) electrons. The Morgan fingerprint density at radius 1 is 1.29 bits per heavy atom. The Bertz CT molecular complexity index is 519. The van der Waals surface area contributed by atoms with Crippen LogP contribution in [0.2, 0.25) is 0 Å². The van der Waals surface area contributed by atoms with Crippen molar-refractivity contribution in [2.24, 2.45) is 0 Å². The number of hydrogen-bond acceptors (Lipinski definition) is 4. The summed E-state index contributed by atoms with van der Waals surface area (Å²) in [6, 6.07) is 0. The van der Waals surface area contributed by atoms with E-state index < -0.39 is 5.82 Å². The molecule has 0 fully saturated rings. The van der Waals surface area contributed by atoms with Gasteiger partial charge in [-0.05, 0) is 0 Å². The molecule has 3 heterocycles. The zero-order chi connectivity index (χ0) is 11.7. The minimum absolute atomic E-state index is 0.411. The van der Waals surface area contributed by atoms with E-state index in [0.29, 0.717) is 12.4 Å². The number of nitrogens with one attached hydrogen (secondary N) is 1. The largest absolute Gasteiger partial charge is 0.327 e. The molecule has 17 heavy (non-hydrogen) atoms. The van der Waals surface area contributed by atoms with Gasteiger partial charge in [0.1, 0.15) is 5.82 Å². The summed E-state index contributed by atoms with van der Waals surface area (Å²) in [5, 5.41) is 3.27. The van der Waals surface area contributed by atoms with Crippen molar-refractivity contribution in [2.75, 3.05) is 6.54 Å². The van der Waals surface area contributed by atoms with Crippen molar-refractivity contribution in [2.45, 2.75) is 19.5 Å². The fraction of sp³-hybridized carbons (Fsp3) is 0.364. The number of hydrogen-bond donors (Lipinski definition) is 1. The summed E-state index contributed by atoms with van der Waals surface area (Å²) in [6.07, 6.45) is 5.13. The first-order valence-corrected chi connectivity index (χ1v) is 5.53. The van der Waals surface area contributed by atoms with Crippen LogP contribution in [0.1, 0.15) is 17.2 Å². The van der Waals surface area contributed by atoms with E-state index in [1.54, 1.807) is 6.33 Å². The molecule has 0 aliphatic carbocycles. The Kier molecular flexibility index (Phi) is 2.56. The molecule has 0 saturated heterocycles. The first-order chi connectivity index (χ1) is 8.33. The number of halogens is 1. The lowest BCUT2D eigenvalue weighted by molar-refractivity contribution is 0.587. The van der Waals surface area contributed by atoms with Crippen molar-refractivity contribution >= 4 is 0 Å². The van der Waals surface area contributed by atoms with Crippen LogP contribution in [0.3, 0.4) is 0 Å². The predicted octanol–water partition coefficient (Wildman–Crippen LogP) is 0.506. The molecule has 0 amide bonds. The summed E-state index contributed by atoms with van der Waals surface area (Å²) in [7, 11) is 0. The molecule has 1 aliphatic rings. The molecule has 0 spiro atoms. The van der Waals surface area contributed by atoms with Crippen molar-refractivity contribution in [3.8, 4) is 0 Å². The highest BCUT2D eigenvalue weighted by Gasteiger charge is 2.15. The quantitative estimate of drug-likeness (QED) is 0.821. The molecule has 0 aromatic carbocycles. The number of rotatable bonds is 2. The summed E-state index contributed by atoms with van der Waals surface area (Å²) in [5.41, 5.74) is 2.30. The lowest BCUT2D eigenvalue weighted by atomic mass is 10.2. The average molecular weight is 233 g/mol. The Hall–Kier alpha value is -1.82. The van der Waals surface area contributed by atoms with E-state index in [9.17, 15) is 4.39 Å². The number of imidazole rings is 1. The number of fused-ring (bicyclic) bond motifs is 1. The van der Waals surface area contributed by atoms with Gasteiger partial charge in [0.25, 0.3) is 0 Å². The lowest BCUT2D eigenvalue weighted by Gasteiger charge is -2.14. The van der Waals surface area contributed by atoms with E-state index >= 15 is 0 Å². The maximum Gasteiger partial charge on any atom is 0.159 e. The van der Waals surface area contributed by atoms with Gasteiger partial charge in [-0.1, -0.05) is 0 Å². The Morgan fingerprint density at radius 2 is 2.12 bits per heavy atom. The smallest absolute Gasteiger partial charge is 0.159 e. The Labute approximate surface area is 97.7 Å². The third kappa shape index (κ3) is 2.03.